The van der Waals surface area contributed by atoms with Crippen LogP contribution in [0.25, 0.3) is 41.8 Å². The van der Waals surface area contributed by atoms with Gasteiger partial charge in [0.15, 0.2) is 28.1 Å². The van der Waals surface area contributed by atoms with E-state index in [1.165, 1.54) is 65.4 Å². The molecule has 8 heterocycles. The highest BCUT2D eigenvalue weighted by molar-refractivity contribution is 9.11. The highest BCUT2D eigenvalue weighted by Crippen LogP contribution is 2.44. The van der Waals surface area contributed by atoms with Crippen LogP contribution in [0.2, 0.25) is 0 Å². The first-order valence-electron chi connectivity index (χ1n) is 44.2. The number of halogens is 1. The Morgan fingerprint density at radius 3 is 1.30 bits per heavy atom. The fraction of sp³-hybridized carbons (Fsp3) is 0.412. The molecule has 0 bridgehead atoms. The van der Waals surface area contributed by atoms with Crippen molar-refractivity contribution in [2.75, 3.05) is 77.1 Å². The molecule has 12 aliphatic rings. The van der Waals surface area contributed by atoms with Gasteiger partial charge in [-0.15, -0.1) is 15.0 Å². The molecule has 16 rings (SSSR count). The van der Waals surface area contributed by atoms with Gasteiger partial charge in [-0.05, 0) is 214 Å². The lowest BCUT2D eigenvalue weighted by Crippen LogP contribution is -2.48. The molecule has 10 N–H and O–H groups in total. The number of methoxy groups -OCH3 is 1. The molecule has 4 aromatic carbocycles. The number of nitrogens with one attached hydrogen (secondary N) is 10. The second kappa shape index (κ2) is 46.5. The molecule has 2 fully saturated rings. The zero-order valence-electron chi connectivity index (χ0n) is 74.8. The molecule has 2 unspecified atom stereocenters. The molecule has 0 aromatic heterocycles. The summed E-state index contributed by atoms with van der Waals surface area (Å²) in [5, 5.41) is 40.8. The normalized spacial score (nSPS) is 20.5. The minimum absolute atomic E-state index is 0.0140. The van der Waals surface area contributed by atoms with Crippen LogP contribution in [0.3, 0.4) is 0 Å². The van der Waals surface area contributed by atoms with Crippen LogP contribution in [0.4, 0.5) is 16.2 Å². The molecular weight excluding hydrogens is 1760 g/mol. The van der Waals surface area contributed by atoms with Crippen LogP contribution < -0.4 is 53.3 Å². The van der Waals surface area contributed by atoms with Gasteiger partial charge in [0.2, 0.25) is 17.5 Å². The van der Waals surface area contributed by atoms with Crippen molar-refractivity contribution in [2.24, 2.45) is 50.9 Å². The second-order valence-corrected chi connectivity index (χ2v) is 35.9. The summed E-state index contributed by atoms with van der Waals surface area (Å²) in [6, 6.07) is 25.1. The number of nitrogens with zero attached hydrogens (tertiary/aromatic N) is 13. The topological polar surface area (TPSA) is 408 Å². The van der Waals surface area contributed by atoms with Gasteiger partial charge >= 0.3 is 17.7 Å². The third-order valence-electron chi connectivity index (χ3n) is 24.8. The van der Waals surface area contributed by atoms with Crippen molar-refractivity contribution in [1.82, 2.24) is 42.6 Å². The van der Waals surface area contributed by atoms with E-state index in [1.54, 1.807) is 25.3 Å². The SMILES string of the molecule is COC(=O)NC1=NCC(c2ccc(NC(=O)C3=NC(Br)=CC3)c(C3=CCC(C)(C)CC3)c2)CN1.O=S=O.[C-]#[N+]C1=CCC(C(=O)Cc2ccc(C3CNC(=NC)NC3)cc2C2=CCCCC2)=N1.[C-]#[N+]C1=CCC(C(=O)Nc2ccc(C3CNC(=N[N+](=O)[O-])NC3)cc2C2=CCC(C)(C)CC2)=N1.[C-]#[N+]NC1=NCC(c2ccc(CC(=O)C3=NC([N+]#[C-])=CC3)c(C3=CCCCC3)c2)CN1. The summed E-state index contributed by atoms with van der Waals surface area (Å²) >= 11 is 2.58. The number of carbonyl (C=O) groups is 5. The first-order valence-corrected chi connectivity index (χ1v) is 45.7. The predicted octanol–water partition coefficient (Wildman–Crippen LogP) is 15.1. The van der Waals surface area contributed by atoms with E-state index in [-0.39, 0.29) is 63.7 Å². The molecule has 684 valence electrons. The van der Waals surface area contributed by atoms with E-state index in [9.17, 15) is 34.1 Å². The monoisotopic (exact) mass is 1870 g/mol. The van der Waals surface area contributed by atoms with E-state index in [4.69, 9.17) is 34.7 Å². The van der Waals surface area contributed by atoms with Crippen LogP contribution in [0, 0.1) is 47.2 Å². The summed E-state index contributed by atoms with van der Waals surface area (Å²) in [4.78, 5) is 116. The molecule has 35 heteroatoms. The number of hydrogen-bond acceptors (Lipinski definition) is 20. The molecule has 132 heavy (non-hydrogen) atoms. The van der Waals surface area contributed by atoms with Crippen molar-refractivity contribution in [2.45, 2.75) is 180 Å². The first-order chi connectivity index (χ1) is 63.7. The number of allylic oxidation sites excluding steroid dienone is 12. The van der Waals surface area contributed by atoms with Crippen molar-refractivity contribution < 1.29 is 42.2 Å². The predicted molar refractivity (Wildman–Crippen MR) is 519 cm³/mol. The lowest BCUT2D eigenvalue weighted by Gasteiger charge is -2.30. The van der Waals surface area contributed by atoms with Gasteiger partial charge < -0.3 is 61.8 Å². The van der Waals surface area contributed by atoms with Gasteiger partial charge in [-0.25, -0.2) is 24.9 Å². The summed E-state index contributed by atoms with van der Waals surface area (Å²) in [7, 11) is 3.10. The number of amides is 3. The highest BCUT2D eigenvalue weighted by Gasteiger charge is 2.33. The van der Waals surface area contributed by atoms with Gasteiger partial charge in [0.1, 0.15) is 15.4 Å². The highest BCUT2D eigenvalue weighted by atomic mass is 79.9. The average Bonchev–Trinajstić information content (AvgIpc) is 1.12. The molecule has 3 amide bonds. The number of rotatable bonds is 19. The van der Waals surface area contributed by atoms with Gasteiger partial charge in [-0.2, -0.15) is 19.9 Å². The standard InChI is InChI=1S/C25H30BrN5O3.C24H27N7O3.C24H24N6O.C24H27N5O.O2S/c1-25(2)10-8-15(9-11-25)18-12-16(17-13-27-23(28-14-17)31-24(33)34-3)4-5-19(18)30-22(32)20-6-7-21(26)29-20;1-24(2)10-8-15(9-11-24)18-12-16(17-13-26-23(27-14-17)30-31(33)34)4-5-19(18)29-22(32)20-6-7-21(25-3)28-20;1-25-23-11-10-21(29-23)22(31)13-18-9-8-17(12-20(18)16-6-4-3-5-7-16)19-14-27-24(28-15-19)30-26-2;1-25-23-11-10-21(29-23)22(30)13-18-9-8-17(19-14-27-24(26-2)28-15-19)12-20(18)16-6-4-3-5-7-16;1-3-2/h4-5,7-8,12,17H,6,9-11,13-14H2,1-3H3,(H,30,32)(H2,27,28,31,33);4-5,7-8,12,17H,6,9-11,13-14H2,1-2H3,(H,29,32)(H2,26,27,30);6,8-9,11-12,19H,3-5,7,10,13-15H2,(H2,27,28,30);6,8-9,11-12,19H,3-5,7,10,13-15H2,2H3,(H2,26,27,28);. The average molecular weight is 1870 g/mol. The van der Waals surface area contributed by atoms with Crippen LogP contribution in [0.5, 0.6) is 0 Å². The van der Waals surface area contributed by atoms with E-state index < -0.39 is 22.7 Å². The van der Waals surface area contributed by atoms with Crippen molar-refractivity contribution in [3.63, 3.8) is 0 Å². The van der Waals surface area contributed by atoms with Gasteiger partial charge in [0, 0.05) is 131 Å². The number of aliphatic imine (C=N–C) groups is 7. The molecule has 8 aliphatic heterocycles. The Labute approximate surface area is 780 Å². The van der Waals surface area contributed by atoms with Crippen LogP contribution in [0.1, 0.15) is 223 Å². The molecule has 0 radical (unpaired) electrons. The van der Waals surface area contributed by atoms with Gasteiger partial charge in [0.05, 0.1) is 20.2 Å². The lowest BCUT2D eigenvalue weighted by molar-refractivity contribution is -0.485. The number of ether oxygens (including phenoxy) is 1. The van der Waals surface area contributed by atoms with E-state index in [1.807, 2.05) is 30.3 Å². The number of hydrogen-bond donors (Lipinski definition) is 10. The minimum Gasteiger partial charge on any atom is -0.453 e. The Morgan fingerprint density at radius 2 is 0.917 bits per heavy atom. The fourth-order valence-electron chi connectivity index (χ4n) is 17.1. The van der Waals surface area contributed by atoms with Crippen molar-refractivity contribution in [3.8, 4) is 0 Å². The third kappa shape index (κ3) is 26.8. The number of alkyl carbamates (subject to hydrolysis) is 1. The molecule has 0 spiro atoms. The van der Waals surface area contributed by atoms with Crippen molar-refractivity contribution in [3.05, 3.63) is 255 Å². The number of Topliss-reactive ketones (excluding diaryl/α,β-unsaturated/α-hetero) is 2. The number of carbonyl (C=O) groups excluding carboxylic acids is 5. The summed E-state index contributed by atoms with van der Waals surface area (Å²) in [5.41, 5.74) is 22.6. The summed E-state index contributed by atoms with van der Waals surface area (Å²) < 4.78 is 21.9. The summed E-state index contributed by atoms with van der Waals surface area (Å²) in [6.45, 7) is 42.4. The molecule has 2 saturated heterocycles. The Kier molecular flexibility index (Phi) is 34.2. The van der Waals surface area contributed by atoms with E-state index in [0.29, 0.717) is 140 Å². The van der Waals surface area contributed by atoms with Gasteiger partial charge in [-0.3, -0.25) is 34.5 Å². The second-order valence-electron chi connectivity index (χ2n) is 34.9. The zero-order chi connectivity index (χ0) is 93.9. The quantitative estimate of drug-likeness (QED) is 0.0180. The molecular formula is C97H108BrN23O10S. The van der Waals surface area contributed by atoms with Crippen molar-refractivity contribution >= 4 is 137 Å². The number of hydrazone groups is 1. The fourth-order valence-corrected chi connectivity index (χ4v) is 17.4. The maximum atomic E-state index is 12.9. The minimum atomic E-state index is -0.750. The third-order valence-corrected chi connectivity index (χ3v) is 25.3. The number of anilines is 2. The maximum Gasteiger partial charge on any atom is 0.413 e. The zero-order valence-corrected chi connectivity index (χ0v) is 77.2. The van der Waals surface area contributed by atoms with Crippen LogP contribution in [0.15, 0.2) is 184 Å². The smallest absolute Gasteiger partial charge is 0.413 e. The van der Waals surface area contributed by atoms with E-state index >= 15 is 0 Å². The molecule has 0 saturated carbocycles. The van der Waals surface area contributed by atoms with E-state index in [2.05, 4.69) is 234 Å². The summed E-state index contributed by atoms with van der Waals surface area (Å²) in [5.74, 6) is 3.14. The largest absolute Gasteiger partial charge is 0.453 e. The molecule has 4 aromatic rings. The maximum absolute atomic E-state index is 12.9. The number of nitro groups is 1. The van der Waals surface area contributed by atoms with Crippen LogP contribution in [-0.4, -0.2) is 156 Å². The summed E-state index contributed by atoms with van der Waals surface area (Å²) in [6.07, 6.45) is 33.0. The molecule has 2 atom stereocenters. The Bertz CT molecular complexity index is 5920. The van der Waals surface area contributed by atoms with Gasteiger partial charge in [-0.1, -0.05) is 144 Å². The van der Waals surface area contributed by atoms with Crippen LogP contribution >= 0.6 is 15.9 Å². The van der Waals surface area contributed by atoms with E-state index in [0.717, 1.165) is 134 Å². The lowest BCUT2D eigenvalue weighted by atomic mass is 9.76. The number of benzene rings is 4. The Balaban J connectivity index is 0.000000157. The number of ketones is 2. The number of guanidine groups is 4. The first kappa shape index (κ1) is 97.0. The van der Waals surface area contributed by atoms with Crippen molar-refractivity contribution in [1.29, 1.82) is 0 Å². The Hall–Kier alpha value is -14.0. The molecule has 33 nitrogen and oxygen atoms in total. The Morgan fingerprint density at radius 1 is 0.515 bits per heavy atom. The van der Waals surface area contributed by atoms with Gasteiger partial charge in [0.25, 0.3) is 41.2 Å². The van der Waals surface area contributed by atoms with Crippen LogP contribution in [-0.2, 0) is 48.3 Å². The molecule has 4 aliphatic carbocycles.